The fourth-order valence-corrected chi connectivity index (χ4v) is 4.09. The van der Waals surface area contributed by atoms with E-state index < -0.39 is 0 Å². The molecule has 106 valence electrons. The first kappa shape index (κ1) is 14.3. The van der Waals surface area contributed by atoms with Gasteiger partial charge in [0.2, 0.25) is 0 Å². The molecule has 0 bridgehead atoms. The third-order valence-corrected chi connectivity index (χ3v) is 5.38. The van der Waals surface area contributed by atoms with Gasteiger partial charge < -0.3 is 10.6 Å². The van der Waals surface area contributed by atoms with Crippen LogP contribution in [0, 0.1) is 17.3 Å². The Balaban J connectivity index is 1.92. The Morgan fingerprint density at radius 1 is 1.00 bits per heavy atom. The van der Waals surface area contributed by atoms with Gasteiger partial charge in [0.25, 0.3) is 0 Å². The molecule has 0 radical (unpaired) electrons. The van der Waals surface area contributed by atoms with E-state index in [2.05, 4.69) is 25.7 Å². The summed E-state index contributed by atoms with van der Waals surface area (Å²) in [7, 11) is 0. The highest BCUT2D eigenvalue weighted by Crippen LogP contribution is 2.37. The largest absolute Gasteiger partial charge is 0.330 e. The lowest BCUT2D eigenvalue weighted by molar-refractivity contribution is 0.156. The Morgan fingerprint density at radius 2 is 1.78 bits per heavy atom. The number of hydrogen-bond acceptors (Lipinski definition) is 2. The molecule has 1 aliphatic heterocycles. The van der Waals surface area contributed by atoms with Gasteiger partial charge in [-0.1, -0.05) is 27.2 Å². The summed E-state index contributed by atoms with van der Waals surface area (Å²) in [4.78, 5) is 2.77. The van der Waals surface area contributed by atoms with Crippen LogP contribution in [0.3, 0.4) is 0 Å². The van der Waals surface area contributed by atoms with E-state index in [4.69, 9.17) is 5.73 Å². The van der Waals surface area contributed by atoms with Gasteiger partial charge in [-0.05, 0) is 69.0 Å². The molecule has 3 atom stereocenters. The van der Waals surface area contributed by atoms with Gasteiger partial charge in [0.15, 0.2) is 0 Å². The first-order chi connectivity index (χ1) is 8.52. The average Bonchev–Trinajstić information content (AvgIpc) is 2.63. The van der Waals surface area contributed by atoms with Crippen molar-refractivity contribution >= 4 is 0 Å². The molecule has 1 heterocycles. The predicted molar refractivity (Wildman–Crippen MR) is 78.6 cm³/mol. The van der Waals surface area contributed by atoms with Gasteiger partial charge in [-0.3, -0.25) is 0 Å². The van der Waals surface area contributed by atoms with Crippen LogP contribution in [-0.2, 0) is 0 Å². The molecule has 0 amide bonds. The molecule has 3 unspecified atom stereocenters. The van der Waals surface area contributed by atoms with E-state index in [1.165, 1.54) is 51.6 Å². The summed E-state index contributed by atoms with van der Waals surface area (Å²) >= 11 is 0. The molecule has 18 heavy (non-hydrogen) atoms. The zero-order valence-corrected chi connectivity index (χ0v) is 12.6. The van der Waals surface area contributed by atoms with Gasteiger partial charge in [-0.2, -0.15) is 0 Å². The van der Waals surface area contributed by atoms with Crippen molar-refractivity contribution in [1.82, 2.24) is 4.90 Å². The Hall–Kier alpha value is -0.0800. The summed E-state index contributed by atoms with van der Waals surface area (Å²) < 4.78 is 0. The maximum atomic E-state index is 5.94. The highest BCUT2D eigenvalue weighted by atomic mass is 15.2. The van der Waals surface area contributed by atoms with Crippen molar-refractivity contribution in [2.75, 3.05) is 19.6 Å². The Labute approximate surface area is 113 Å². The molecule has 1 saturated carbocycles. The highest BCUT2D eigenvalue weighted by Gasteiger charge is 2.34. The molecule has 0 aromatic rings. The van der Waals surface area contributed by atoms with E-state index in [1.54, 1.807) is 0 Å². The van der Waals surface area contributed by atoms with Crippen molar-refractivity contribution in [2.45, 2.75) is 65.3 Å². The third-order valence-electron chi connectivity index (χ3n) is 5.38. The summed E-state index contributed by atoms with van der Waals surface area (Å²) in [5.74, 6) is 1.68. The lowest BCUT2D eigenvalue weighted by atomic mass is 9.77. The van der Waals surface area contributed by atoms with Crippen molar-refractivity contribution in [3.05, 3.63) is 0 Å². The average molecular weight is 252 g/mol. The van der Waals surface area contributed by atoms with Gasteiger partial charge >= 0.3 is 0 Å². The fourth-order valence-electron chi connectivity index (χ4n) is 4.09. The normalized spacial score (nSPS) is 35.7. The predicted octanol–water partition coefficient (Wildman–Crippen LogP) is 3.26. The van der Waals surface area contributed by atoms with Gasteiger partial charge in [-0.15, -0.1) is 0 Å². The molecule has 2 N–H and O–H groups in total. The number of rotatable bonds is 2. The number of likely N-dealkylation sites (tertiary alicyclic amines) is 1. The number of hydrogen-bond donors (Lipinski definition) is 1. The molecule has 0 spiro atoms. The van der Waals surface area contributed by atoms with Crippen molar-refractivity contribution < 1.29 is 0 Å². The summed E-state index contributed by atoms with van der Waals surface area (Å²) in [5, 5.41) is 0. The van der Waals surface area contributed by atoms with Crippen LogP contribution in [-0.4, -0.2) is 30.6 Å². The quantitative estimate of drug-likeness (QED) is 0.817. The SMILES string of the molecule is CC(C)(C)C1CCCN(C2CCCC2CN)CC1. The third kappa shape index (κ3) is 3.27. The smallest absolute Gasteiger partial charge is 0.0136 e. The fraction of sp³-hybridized carbons (Fsp3) is 1.00. The van der Waals surface area contributed by atoms with E-state index >= 15 is 0 Å². The van der Waals surface area contributed by atoms with Crippen LogP contribution < -0.4 is 5.73 Å². The zero-order valence-electron chi connectivity index (χ0n) is 12.6. The molecule has 2 heteroatoms. The van der Waals surface area contributed by atoms with Gasteiger partial charge in [0.1, 0.15) is 0 Å². The molecule has 1 saturated heterocycles. The van der Waals surface area contributed by atoms with Crippen LogP contribution in [0.25, 0.3) is 0 Å². The summed E-state index contributed by atoms with van der Waals surface area (Å²) in [6.45, 7) is 10.7. The summed E-state index contributed by atoms with van der Waals surface area (Å²) in [6, 6.07) is 0.800. The molecule has 0 aromatic heterocycles. The minimum atomic E-state index is 0.485. The van der Waals surface area contributed by atoms with Crippen molar-refractivity contribution in [1.29, 1.82) is 0 Å². The van der Waals surface area contributed by atoms with Crippen molar-refractivity contribution in [3.8, 4) is 0 Å². The maximum Gasteiger partial charge on any atom is 0.0136 e. The van der Waals surface area contributed by atoms with E-state index in [-0.39, 0.29) is 0 Å². The Bertz CT molecular complexity index is 256. The van der Waals surface area contributed by atoms with Gasteiger partial charge in [0.05, 0.1) is 0 Å². The molecule has 0 aromatic carbocycles. The minimum Gasteiger partial charge on any atom is -0.330 e. The van der Waals surface area contributed by atoms with Crippen LogP contribution in [0.2, 0.25) is 0 Å². The molecule has 2 aliphatic rings. The Morgan fingerprint density at radius 3 is 2.44 bits per heavy atom. The molecular formula is C16H32N2. The van der Waals surface area contributed by atoms with E-state index in [1.807, 2.05) is 0 Å². The van der Waals surface area contributed by atoms with Crippen LogP contribution in [0.4, 0.5) is 0 Å². The van der Waals surface area contributed by atoms with Crippen LogP contribution >= 0.6 is 0 Å². The second kappa shape index (κ2) is 5.92. The molecular weight excluding hydrogens is 220 g/mol. The monoisotopic (exact) mass is 252 g/mol. The number of nitrogens with zero attached hydrogens (tertiary/aromatic N) is 1. The topological polar surface area (TPSA) is 29.3 Å². The first-order valence-corrected chi connectivity index (χ1v) is 7.96. The van der Waals surface area contributed by atoms with Crippen molar-refractivity contribution in [2.24, 2.45) is 23.0 Å². The lowest BCUT2D eigenvalue weighted by Crippen LogP contribution is -2.41. The second-order valence-corrected chi connectivity index (χ2v) is 7.52. The standard InChI is InChI=1S/C16H32N2/c1-16(2,3)14-7-5-10-18(11-9-14)15-8-4-6-13(15)12-17/h13-15H,4-12,17H2,1-3H3. The van der Waals surface area contributed by atoms with E-state index in [0.29, 0.717) is 5.41 Å². The minimum absolute atomic E-state index is 0.485. The maximum absolute atomic E-state index is 5.94. The number of nitrogens with two attached hydrogens (primary N) is 1. The van der Waals surface area contributed by atoms with Gasteiger partial charge in [-0.25, -0.2) is 0 Å². The van der Waals surface area contributed by atoms with E-state index in [0.717, 1.165) is 24.4 Å². The van der Waals surface area contributed by atoms with Gasteiger partial charge in [0, 0.05) is 6.04 Å². The zero-order chi connectivity index (χ0) is 13.2. The Kier molecular flexibility index (Phi) is 4.71. The van der Waals surface area contributed by atoms with Crippen LogP contribution in [0.1, 0.15) is 59.3 Å². The van der Waals surface area contributed by atoms with Crippen molar-refractivity contribution in [3.63, 3.8) is 0 Å². The van der Waals surface area contributed by atoms with Crippen LogP contribution in [0.5, 0.6) is 0 Å². The summed E-state index contributed by atoms with van der Waals surface area (Å²) in [6.07, 6.45) is 8.33. The van der Waals surface area contributed by atoms with Crippen LogP contribution in [0.15, 0.2) is 0 Å². The lowest BCUT2D eigenvalue weighted by Gasteiger charge is -2.33. The molecule has 1 aliphatic carbocycles. The molecule has 2 nitrogen and oxygen atoms in total. The molecule has 2 fully saturated rings. The molecule has 2 rings (SSSR count). The summed E-state index contributed by atoms with van der Waals surface area (Å²) in [5.41, 5.74) is 6.42. The second-order valence-electron chi connectivity index (χ2n) is 7.52. The highest BCUT2D eigenvalue weighted by molar-refractivity contribution is 4.88. The van der Waals surface area contributed by atoms with E-state index in [9.17, 15) is 0 Å². The first-order valence-electron chi connectivity index (χ1n) is 7.96.